The second-order valence-corrected chi connectivity index (χ2v) is 4.05. The Morgan fingerprint density at radius 3 is 3.00 bits per heavy atom. The van der Waals surface area contributed by atoms with E-state index in [1.807, 2.05) is 0 Å². The van der Waals surface area contributed by atoms with Gasteiger partial charge in [0.05, 0.1) is 23.9 Å². The molecule has 19 heavy (non-hydrogen) atoms. The highest BCUT2D eigenvalue weighted by Gasteiger charge is 2.16. The summed E-state index contributed by atoms with van der Waals surface area (Å²) in [6.07, 6.45) is 3.03. The Labute approximate surface area is 111 Å². The van der Waals surface area contributed by atoms with Crippen LogP contribution in [0, 0.1) is 0 Å². The zero-order valence-electron chi connectivity index (χ0n) is 9.66. The number of aromatic nitrogens is 6. The van der Waals surface area contributed by atoms with Gasteiger partial charge in [0.2, 0.25) is 0 Å². The lowest BCUT2D eigenvalue weighted by Crippen LogP contribution is -2.04. The molecule has 96 valence electrons. The third-order valence-electron chi connectivity index (χ3n) is 2.53. The van der Waals surface area contributed by atoms with Crippen molar-refractivity contribution < 1.29 is 9.53 Å². The topological polar surface area (TPSA) is 98.1 Å². The van der Waals surface area contributed by atoms with Gasteiger partial charge in [-0.2, -0.15) is 15.4 Å². The molecule has 0 aliphatic heterocycles. The maximum Gasteiger partial charge on any atom is 0.339 e. The van der Waals surface area contributed by atoms with Crippen LogP contribution in [0.1, 0.15) is 10.4 Å². The first-order chi connectivity index (χ1) is 9.20. The molecular weight excluding hydrogens is 272 g/mol. The molecule has 3 heterocycles. The van der Waals surface area contributed by atoms with Gasteiger partial charge in [-0.15, -0.1) is 10.2 Å². The molecule has 9 heteroatoms. The lowest BCUT2D eigenvalue weighted by Gasteiger charge is -2.02. The molecule has 3 aromatic heterocycles. The Kier molecular flexibility index (Phi) is 2.64. The van der Waals surface area contributed by atoms with E-state index < -0.39 is 5.97 Å². The van der Waals surface area contributed by atoms with E-state index in [1.165, 1.54) is 25.6 Å². The summed E-state index contributed by atoms with van der Waals surface area (Å²) in [5, 5.41) is 18.3. The lowest BCUT2D eigenvalue weighted by atomic mass is 10.3. The number of aromatic amines is 1. The van der Waals surface area contributed by atoms with Crippen LogP contribution in [0.5, 0.6) is 0 Å². The number of nitrogens with zero attached hydrogens (tertiary/aromatic N) is 5. The van der Waals surface area contributed by atoms with Gasteiger partial charge in [-0.3, -0.25) is 4.40 Å². The van der Waals surface area contributed by atoms with Gasteiger partial charge in [0, 0.05) is 6.20 Å². The summed E-state index contributed by atoms with van der Waals surface area (Å²) >= 11 is 6.06. The quantitative estimate of drug-likeness (QED) is 0.701. The lowest BCUT2D eigenvalue weighted by molar-refractivity contribution is 0.0600. The highest BCUT2D eigenvalue weighted by atomic mass is 35.5. The zero-order valence-corrected chi connectivity index (χ0v) is 10.4. The molecule has 0 amide bonds. The van der Waals surface area contributed by atoms with Gasteiger partial charge in [-0.25, -0.2) is 4.79 Å². The predicted molar refractivity (Wildman–Crippen MR) is 64.7 cm³/mol. The van der Waals surface area contributed by atoms with Crippen LogP contribution >= 0.6 is 11.6 Å². The fourth-order valence-electron chi connectivity index (χ4n) is 1.67. The van der Waals surface area contributed by atoms with E-state index >= 15 is 0 Å². The van der Waals surface area contributed by atoms with Crippen molar-refractivity contribution in [3.63, 3.8) is 0 Å². The highest BCUT2D eigenvalue weighted by molar-refractivity contribution is 6.33. The molecule has 1 N–H and O–H groups in total. The zero-order chi connectivity index (χ0) is 13.4. The summed E-state index contributed by atoms with van der Waals surface area (Å²) in [7, 11) is 1.30. The van der Waals surface area contributed by atoms with Crippen molar-refractivity contribution >= 4 is 23.2 Å². The van der Waals surface area contributed by atoms with E-state index in [1.54, 1.807) is 4.40 Å². The SMILES string of the molecule is COC(=O)c1cc(Cl)c2nnc(-c3cn[nH]n3)n2c1. The molecule has 0 fully saturated rings. The summed E-state index contributed by atoms with van der Waals surface area (Å²) < 4.78 is 6.22. The van der Waals surface area contributed by atoms with E-state index in [4.69, 9.17) is 11.6 Å². The number of hydrogen-bond acceptors (Lipinski definition) is 6. The maximum atomic E-state index is 11.6. The van der Waals surface area contributed by atoms with Crippen molar-refractivity contribution in [3.05, 3.63) is 29.0 Å². The molecule has 3 aromatic rings. The van der Waals surface area contributed by atoms with E-state index in [2.05, 4.69) is 30.3 Å². The number of methoxy groups -OCH3 is 1. The monoisotopic (exact) mass is 278 g/mol. The maximum absolute atomic E-state index is 11.6. The predicted octanol–water partition coefficient (Wildman–Crippen LogP) is 0.954. The summed E-state index contributed by atoms with van der Waals surface area (Å²) in [4.78, 5) is 11.6. The first-order valence-electron chi connectivity index (χ1n) is 5.19. The number of esters is 1. The van der Waals surface area contributed by atoms with Crippen molar-refractivity contribution in [3.8, 4) is 11.5 Å². The van der Waals surface area contributed by atoms with E-state index in [0.717, 1.165) is 0 Å². The molecule has 0 radical (unpaired) electrons. The average molecular weight is 279 g/mol. The standard InChI is InChI=1S/C10H7ClN6O2/c1-19-10(18)5-2-6(11)8-14-15-9(17(8)4-5)7-3-12-16-13-7/h2-4H,1H3,(H,12,13,16). The van der Waals surface area contributed by atoms with Gasteiger partial charge < -0.3 is 4.74 Å². The largest absolute Gasteiger partial charge is 0.465 e. The van der Waals surface area contributed by atoms with Crippen LogP contribution in [-0.4, -0.2) is 43.1 Å². The molecule has 0 aliphatic rings. The van der Waals surface area contributed by atoms with Crippen LogP contribution in [0.3, 0.4) is 0 Å². The number of halogens is 1. The van der Waals surface area contributed by atoms with Gasteiger partial charge in [0.1, 0.15) is 0 Å². The Morgan fingerprint density at radius 2 is 2.32 bits per heavy atom. The van der Waals surface area contributed by atoms with Crippen LogP contribution in [0.2, 0.25) is 5.02 Å². The Balaban J connectivity index is 2.26. The van der Waals surface area contributed by atoms with Crippen LogP contribution in [0.15, 0.2) is 18.5 Å². The third-order valence-corrected chi connectivity index (χ3v) is 2.80. The van der Waals surface area contributed by atoms with Crippen molar-refractivity contribution in [1.82, 2.24) is 30.0 Å². The average Bonchev–Trinajstić information content (AvgIpc) is 3.05. The van der Waals surface area contributed by atoms with Crippen LogP contribution < -0.4 is 0 Å². The minimum absolute atomic E-state index is 0.296. The Hall–Kier alpha value is -2.48. The minimum Gasteiger partial charge on any atom is -0.465 e. The van der Waals surface area contributed by atoms with Gasteiger partial charge in [0.15, 0.2) is 17.2 Å². The summed E-state index contributed by atoms with van der Waals surface area (Å²) in [5.41, 5.74) is 1.21. The molecular formula is C10H7ClN6O2. The minimum atomic E-state index is -0.497. The second-order valence-electron chi connectivity index (χ2n) is 3.64. The first-order valence-corrected chi connectivity index (χ1v) is 5.57. The van der Waals surface area contributed by atoms with Crippen molar-refractivity contribution in [2.75, 3.05) is 7.11 Å². The smallest absolute Gasteiger partial charge is 0.339 e. The number of carbonyl (C=O) groups excluding carboxylic acids is 1. The van der Waals surface area contributed by atoms with Gasteiger partial charge >= 0.3 is 5.97 Å². The van der Waals surface area contributed by atoms with Crippen molar-refractivity contribution in [2.24, 2.45) is 0 Å². The number of fused-ring (bicyclic) bond motifs is 1. The van der Waals surface area contributed by atoms with E-state index in [-0.39, 0.29) is 0 Å². The molecule has 0 saturated carbocycles. The number of pyridine rings is 1. The van der Waals surface area contributed by atoms with Crippen molar-refractivity contribution in [2.45, 2.75) is 0 Å². The van der Waals surface area contributed by atoms with E-state index in [0.29, 0.717) is 27.8 Å². The molecule has 0 aliphatic carbocycles. The highest BCUT2D eigenvalue weighted by Crippen LogP contribution is 2.22. The molecule has 0 atom stereocenters. The van der Waals surface area contributed by atoms with Crippen LogP contribution in [-0.2, 0) is 4.74 Å². The second kappa shape index (κ2) is 4.32. The number of nitrogens with one attached hydrogen (secondary N) is 1. The number of carbonyl (C=O) groups is 1. The molecule has 3 rings (SSSR count). The van der Waals surface area contributed by atoms with Crippen LogP contribution in [0.4, 0.5) is 0 Å². The van der Waals surface area contributed by atoms with Gasteiger partial charge in [-0.05, 0) is 6.07 Å². The Morgan fingerprint density at radius 1 is 1.47 bits per heavy atom. The molecule has 0 aromatic carbocycles. The Bertz CT molecular complexity index is 751. The number of hydrogen-bond donors (Lipinski definition) is 1. The van der Waals surface area contributed by atoms with Gasteiger partial charge in [-0.1, -0.05) is 11.6 Å². The fourth-order valence-corrected chi connectivity index (χ4v) is 1.91. The van der Waals surface area contributed by atoms with Crippen LogP contribution in [0.25, 0.3) is 17.2 Å². The summed E-state index contributed by atoms with van der Waals surface area (Å²) in [6, 6.07) is 1.48. The third kappa shape index (κ3) is 1.82. The number of ether oxygens (including phenoxy) is 1. The number of rotatable bonds is 2. The first kappa shape index (κ1) is 11.6. The molecule has 0 saturated heterocycles. The van der Waals surface area contributed by atoms with E-state index in [9.17, 15) is 4.79 Å². The molecule has 0 unspecified atom stereocenters. The fraction of sp³-hybridized carbons (Fsp3) is 0.100. The summed E-state index contributed by atoms with van der Waals surface area (Å²) in [5.74, 6) is -0.0694. The van der Waals surface area contributed by atoms with Crippen molar-refractivity contribution in [1.29, 1.82) is 0 Å². The van der Waals surface area contributed by atoms with Gasteiger partial charge in [0.25, 0.3) is 0 Å². The molecule has 0 spiro atoms. The molecule has 0 bridgehead atoms. The molecule has 8 nitrogen and oxygen atoms in total. The summed E-state index contributed by atoms with van der Waals surface area (Å²) in [6.45, 7) is 0. The number of H-pyrrole nitrogens is 1. The normalized spacial score (nSPS) is 10.8.